The molecule has 23 heavy (non-hydrogen) atoms. The van der Waals surface area contributed by atoms with Crippen LogP contribution in [0.3, 0.4) is 0 Å². The predicted octanol–water partition coefficient (Wildman–Crippen LogP) is 2.03. The number of likely N-dealkylation sites (tertiary alicyclic amines) is 1. The van der Waals surface area contributed by atoms with E-state index in [1.165, 1.54) is 13.8 Å². The molecule has 0 radical (unpaired) electrons. The summed E-state index contributed by atoms with van der Waals surface area (Å²) in [4.78, 5) is 14.0. The normalized spacial score (nSPS) is 22.5. The van der Waals surface area contributed by atoms with Gasteiger partial charge in [-0.3, -0.25) is 9.69 Å². The average Bonchev–Trinajstić information content (AvgIpc) is 2.85. The molecule has 0 aromatic heterocycles. The smallest absolute Gasteiger partial charge is 0.252 e. The van der Waals surface area contributed by atoms with E-state index in [-0.39, 0.29) is 12.6 Å². The summed E-state index contributed by atoms with van der Waals surface area (Å²) in [5, 5.41) is 12.5. The minimum Gasteiger partial charge on any atom is -0.392 e. The molecule has 1 saturated heterocycles. The van der Waals surface area contributed by atoms with E-state index in [0.717, 1.165) is 5.56 Å². The Labute approximate surface area is 135 Å². The first-order valence-corrected chi connectivity index (χ1v) is 7.83. The molecule has 1 fully saturated rings. The third kappa shape index (κ3) is 4.48. The molecule has 128 valence electrons. The summed E-state index contributed by atoms with van der Waals surface area (Å²) in [6, 6.07) is 9.78. The number of nitrogens with one attached hydrogen (secondary N) is 1. The van der Waals surface area contributed by atoms with Crippen molar-refractivity contribution in [1.82, 2.24) is 10.2 Å². The Kier molecular flexibility index (Phi) is 5.70. The first-order valence-electron chi connectivity index (χ1n) is 7.83. The standard InChI is InChI=1S/C17H24F2N2O2/c1-17(2,15(18)19)16(23)20-9-13-8-14(22)11-21(13)10-12-6-4-3-5-7-12/h3-7,13-15,22H,8-11H2,1-2H3,(H,20,23)/t13-,14-/m0/s1. The number of hydrogen-bond acceptors (Lipinski definition) is 3. The molecule has 4 nitrogen and oxygen atoms in total. The van der Waals surface area contributed by atoms with Crippen LogP contribution in [0.1, 0.15) is 25.8 Å². The predicted molar refractivity (Wildman–Crippen MR) is 84.1 cm³/mol. The lowest BCUT2D eigenvalue weighted by molar-refractivity contribution is -0.137. The molecule has 1 aliphatic heterocycles. The van der Waals surface area contributed by atoms with Crippen molar-refractivity contribution in [3.05, 3.63) is 35.9 Å². The fourth-order valence-electron chi connectivity index (χ4n) is 2.72. The number of aliphatic hydroxyl groups is 1. The maximum atomic E-state index is 12.9. The quantitative estimate of drug-likeness (QED) is 0.841. The van der Waals surface area contributed by atoms with Gasteiger partial charge in [0.2, 0.25) is 5.91 Å². The van der Waals surface area contributed by atoms with Gasteiger partial charge in [0.25, 0.3) is 6.43 Å². The van der Waals surface area contributed by atoms with Crippen LogP contribution in [-0.2, 0) is 11.3 Å². The van der Waals surface area contributed by atoms with Crippen LogP contribution in [0.15, 0.2) is 30.3 Å². The molecule has 0 unspecified atom stereocenters. The lowest BCUT2D eigenvalue weighted by Gasteiger charge is -2.27. The van der Waals surface area contributed by atoms with Gasteiger partial charge in [-0.25, -0.2) is 8.78 Å². The van der Waals surface area contributed by atoms with Crippen molar-refractivity contribution in [2.45, 2.75) is 45.4 Å². The molecule has 0 saturated carbocycles. The van der Waals surface area contributed by atoms with Crippen molar-refractivity contribution < 1.29 is 18.7 Å². The second kappa shape index (κ2) is 7.36. The van der Waals surface area contributed by atoms with Crippen molar-refractivity contribution >= 4 is 5.91 Å². The van der Waals surface area contributed by atoms with E-state index in [4.69, 9.17) is 0 Å². The zero-order valence-corrected chi connectivity index (χ0v) is 13.5. The Bertz CT molecular complexity index is 523. The van der Waals surface area contributed by atoms with Crippen molar-refractivity contribution in [2.24, 2.45) is 5.41 Å². The highest BCUT2D eigenvalue weighted by Crippen LogP contribution is 2.25. The van der Waals surface area contributed by atoms with E-state index in [1.807, 2.05) is 30.3 Å². The maximum Gasteiger partial charge on any atom is 0.252 e. The van der Waals surface area contributed by atoms with E-state index >= 15 is 0 Å². The summed E-state index contributed by atoms with van der Waals surface area (Å²) < 4.78 is 25.8. The van der Waals surface area contributed by atoms with Gasteiger partial charge in [-0.1, -0.05) is 30.3 Å². The molecule has 1 heterocycles. The number of alkyl halides is 2. The summed E-state index contributed by atoms with van der Waals surface area (Å²) in [6.07, 6.45) is -2.64. The largest absolute Gasteiger partial charge is 0.392 e. The second-order valence-electron chi connectivity index (χ2n) is 6.69. The summed E-state index contributed by atoms with van der Waals surface area (Å²) in [5.41, 5.74) is -0.590. The van der Waals surface area contributed by atoms with Crippen molar-refractivity contribution in [1.29, 1.82) is 0 Å². The van der Waals surface area contributed by atoms with Crippen LogP contribution in [0.5, 0.6) is 0 Å². The van der Waals surface area contributed by atoms with Gasteiger partial charge in [0.15, 0.2) is 0 Å². The SMILES string of the molecule is CC(C)(C(=O)NC[C@@H]1C[C@H](O)CN1Cc1ccccc1)C(F)F. The second-order valence-corrected chi connectivity index (χ2v) is 6.69. The molecule has 1 amide bonds. The molecule has 2 atom stereocenters. The number of rotatable bonds is 6. The van der Waals surface area contributed by atoms with Crippen LogP contribution in [0.2, 0.25) is 0 Å². The van der Waals surface area contributed by atoms with Gasteiger partial charge in [0.05, 0.1) is 6.10 Å². The molecule has 1 aromatic carbocycles. The first-order chi connectivity index (χ1) is 10.8. The number of aliphatic hydroxyl groups excluding tert-OH is 1. The summed E-state index contributed by atoms with van der Waals surface area (Å²) in [7, 11) is 0. The van der Waals surface area contributed by atoms with Crippen LogP contribution in [0, 0.1) is 5.41 Å². The van der Waals surface area contributed by atoms with Crippen LogP contribution < -0.4 is 5.32 Å². The highest BCUT2D eigenvalue weighted by molar-refractivity contribution is 5.82. The third-order valence-corrected chi connectivity index (χ3v) is 4.36. The molecule has 0 aliphatic carbocycles. The molecule has 2 N–H and O–H groups in total. The summed E-state index contributed by atoms with van der Waals surface area (Å²) in [6.45, 7) is 3.92. The minimum absolute atomic E-state index is 0.0531. The number of benzene rings is 1. The number of β-amino-alcohol motifs (C(OH)–C–C–N with tert-alkyl or cyclic N) is 1. The molecule has 1 aromatic rings. The van der Waals surface area contributed by atoms with E-state index in [0.29, 0.717) is 19.5 Å². The highest BCUT2D eigenvalue weighted by atomic mass is 19.3. The number of amides is 1. The number of hydrogen-bond donors (Lipinski definition) is 2. The Hall–Kier alpha value is -1.53. The third-order valence-electron chi connectivity index (χ3n) is 4.36. The Morgan fingerprint density at radius 3 is 2.65 bits per heavy atom. The summed E-state index contributed by atoms with van der Waals surface area (Å²) >= 11 is 0. The number of carbonyl (C=O) groups excluding carboxylic acids is 1. The van der Waals surface area contributed by atoms with Gasteiger partial charge >= 0.3 is 0 Å². The van der Waals surface area contributed by atoms with Crippen LogP contribution in [0.25, 0.3) is 0 Å². The van der Waals surface area contributed by atoms with E-state index in [1.54, 1.807) is 0 Å². The zero-order chi connectivity index (χ0) is 17.0. The van der Waals surface area contributed by atoms with E-state index in [2.05, 4.69) is 10.2 Å². The monoisotopic (exact) mass is 326 g/mol. The lowest BCUT2D eigenvalue weighted by atomic mass is 9.93. The van der Waals surface area contributed by atoms with E-state index < -0.39 is 23.9 Å². The minimum atomic E-state index is -2.71. The Balaban J connectivity index is 1.94. The number of nitrogens with zero attached hydrogens (tertiary/aromatic N) is 1. The molecule has 0 spiro atoms. The Morgan fingerprint density at radius 2 is 2.04 bits per heavy atom. The van der Waals surface area contributed by atoms with Gasteiger partial charge in [-0.2, -0.15) is 0 Å². The molecule has 0 bridgehead atoms. The zero-order valence-electron chi connectivity index (χ0n) is 13.5. The average molecular weight is 326 g/mol. The van der Waals surface area contributed by atoms with Crippen LogP contribution >= 0.6 is 0 Å². The fourth-order valence-corrected chi connectivity index (χ4v) is 2.72. The topological polar surface area (TPSA) is 52.6 Å². The van der Waals surface area contributed by atoms with Crippen molar-refractivity contribution in [2.75, 3.05) is 13.1 Å². The van der Waals surface area contributed by atoms with Crippen molar-refractivity contribution in [3.63, 3.8) is 0 Å². The van der Waals surface area contributed by atoms with Gasteiger partial charge in [0.1, 0.15) is 5.41 Å². The molecular formula is C17H24F2N2O2. The number of carbonyl (C=O) groups is 1. The van der Waals surface area contributed by atoms with Gasteiger partial charge in [-0.15, -0.1) is 0 Å². The number of halogens is 2. The molecule has 1 aliphatic rings. The van der Waals surface area contributed by atoms with Gasteiger partial charge in [-0.05, 0) is 25.8 Å². The van der Waals surface area contributed by atoms with Gasteiger partial charge < -0.3 is 10.4 Å². The first kappa shape index (κ1) is 17.8. The molecular weight excluding hydrogens is 302 g/mol. The lowest BCUT2D eigenvalue weighted by Crippen LogP contribution is -2.46. The van der Waals surface area contributed by atoms with Crippen LogP contribution in [0.4, 0.5) is 8.78 Å². The van der Waals surface area contributed by atoms with Crippen molar-refractivity contribution in [3.8, 4) is 0 Å². The Morgan fingerprint density at radius 1 is 1.39 bits per heavy atom. The summed E-state index contributed by atoms with van der Waals surface area (Å²) in [5.74, 6) is -0.659. The van der Waals surface area contributed by atoms with E-state index in [9.17, 15) is 18.7 Å². The highest BCUT2D eigenvalue weighted by Gasteiger charge is 2.38. The molecule has 6 heteroatoms. The fraction of sp³-hybridized carbons (Fsp3) is 0.588. The maximum absolute atomic E-state index is 12.9. The van der Waals surface area contributed by atoms with Gasteiger partial charge in [0, 0.05) is 25.7 Å². The molecule has 2 rings (SSSR count). The van der Waals surface area contributed by atoms with Crippen LogP contribution in [-0.4, -0.2) is 47.6 Å².